The quantitative estimate of drug-likeness (QED) is 0.727. The van der Waals surface area contributed by atoms with Gasteiger partial charge in [-0.1, -0.05) is 54.5 Å². The Labute approximate surface area is 143 Å². The first-order valence-corrected chi connectivity index (χ1v) is 8.30. The van der Waals surface area contributed by atoms with E-state index in [-0.39, 0.29) is 5.44 Å². The highest BCUT2D eigenvalue weighted by Gasteiger charge is 2.29. The van der Waals surface area contributed by atoms with Crippen LogP contribution in [0, 0.1) is 0 Å². The van der Waals surface area contributed by atoms with Crippen LogP contribution in [0.2, 0.25) is 6.82 Å². The van der Waals surface area contributed by atoms with E-state index in [0.717, 1.165) is 34.7 Å². The maximum Gasteiger partial charge on any atom is 0.143 e. The summed E-state index contributed by atoms with van der Waals surface area (Å²) in [5, 5.41) is 12.7. The number of hydrogen-bond acceptors (Lipinski definition) is 3. The van der Waals surface area contributed by atoms with Crippen molar-refractivity contribution in [1.29, 1.82) is 0 Å². The second-order valence-electron chi connectivity index (χ2n) is 6.70. The molecule has 0 amide bonds. The molecule has 3 aromatic rings. The van der Waals surface area contributed by atoms with Gasteiger partial charge in [-0.2, -0.15) is 0 Å². The smallest absolute Gasteiger partial charge is 0.143 e. The summed E-state index contributed by atoms with van der Waals surface area (Å²) in [5.74, 6) is 0. The second kappa shape index (κ2) is 5.51. The highest BCUT2D eigenvalue weighted by atomic mass is 15.5. The Bertz CT molecular complexity index is 898. The molecule has 1 N–H and O–H groups in total. The van der Waals surface area contributed by atoms with Gasteiger partial charge >= 0.3 is 0 Å². The fourth-order valence-electron chi connectivity index (χ4n) is 3.17. The van der Waals surface area contributed by atoms with Crippen molar-refractivity contribution in [3.8, 4) is 22.5 Å². The average molecular weight is 315 g/mol. The molecule has 4 nitrogen and oxygen atoms in total. The van der Waals surface area contributed by atoms with Crippen LogP contribution in [0.15, 0.2) is 48.5 Å². The van der Waals surface area contributed by atoms with E-state index < -0.39 is 0 Å². The first kappa shape index (κ1) is 15.0. The zero-order valence-corrected chi connectivity index (χ0v) is 14.2. The first-order chi connectivity index (χ1) is 11.6. The number of nitrogens with zero attached hydrogens (tertiary/aromatic N) is 3. The minimum Gasteiger partial charge on any atom is -0.380 e. The summed E-state index contributed by atoms with van der Waals surface area (Å²) >= 11 is 0. The molecule has 1 aliphatic heterocycles. The summed E-state index contributed by atoms with van der Waals surface area (Å²) in [6, 6.07) is 16.8. The molecule has 4 rings (SSSR count). The van der Waals surface area contributed by atoms with Crippen LogP contribution in [0.1, 0.15) is 19.4 Å². The number of rotatable bonds is 2. The van der Waals surface area contributed by atoms with Crippen LogP contribution in [0.25, 0.3) is 22.5 Å². The molecule has 0 atom stereocenters. The molecule has 0 fully saturated rings. The predicted octanol–water partition coefficient (Wildman–Crippen LogP) is 3.98. The van der Waals surface area contributed by atoms with Gasteiger partial charge in [0.15, 0.2) is 0 Å². The normalized spacial score (nSPS) is 13.0. The van der Waals surface area contributed by atoms with Crippen LogP contribution in [0.4, 0.5) is 5.69 Å². The zero-order valence-electron chi connectivity index (χ0n) is 14.2. The van der Waals surface area contributed by atoms with Crippen molar-refractivity contribution in [2.75, 3.05) is 5.32 Å². The fourth-order valence-corrected chi connectivity index (χ4v) is 3.17. The van der Waals surface area contributed by atoms with Gasteiger partial charge in [-0.25, -0.2) is 4.68 Å². The maximum atomic E-state index is 4.58. The molecule has 119 valence electrons. The maximum absolute atomic E-state index is 4.58. The predicted molar refractivity (Wildman–Crippen MR) is 99.2 cm³/mol. The first-order valence-electron chi connectivity index (χ1n) is 8.30. The third-order valence-corrected chi connectivity index (χ3v) is 4.85. The number of benzene rings is 2. The molecule has 0 saturated heterocycles. The summed E-state index contributed by atoms with van der Waals surface area (Å²) < 4.78 is 2.03. The van der Waals surface area contributed by atoms with Gasteiger partial charge in [-0.15, -0.1) is 5.10 Å². The molecule has 1 aliphatic rings. The summed E-state index contributed by atoms with van der Waals surface area (Å²) in [6.07, 6.45) is 0. The Morgan fingerprint density at radius 2 is 1.75 bits per heavy atom. The highest BCUT2D eigenvalue weighted by molar-refractivity contribution is 6.36. The molecule has 1 aromatic heterocycles. The Kier molecular flexibility index (Phi) is 3.45. The number of nitrogens with one attached hydrogen (secondary N) is 1. The van der Waals surface area contributed by atoms with Crippen LogP contribution in [-0.2, 0) is 12.0 Å². The molecule has 0 saturated carbocycles. The number of anilines is 1. The average Bonchev–Trinajstić information content (AvgIpc) is 3.04. The largest absolute Gasteiger partial charge is 0.380 e. The Morgan fingerprint density at radius 1 is 1.04 bits per heavy atom. The van der Waals surface area contributed by atoms with E-state index in [1.807, 2.05) is 4.68 Å². The monoisotopic (exact) mass is 315 g/mol. The lowest BCUT2D eigenvalue weighted by Gasteiger charge is -2.27. The fraction of sp³-hybridized carbons (Fsp3) is 0.263. The van der Waals surface area contributed by atoms with E-state index in [1.165, 1.54) is 5.56 Å². The van der Waals surface area contributed by atoms with E-state index in [9.17, 15) is 0 Å². The van der Waals surface area contributed by atoms with Gasteiger partial charge < -0.3 is 5.32 Å². The molecular weight excluding hydrogens is 295 g/mol. The molecule has 1 radical (unpaired) electrons. The van der Waals surface area contributed by atoms with E-state index in [1.54, 1.807) is 0 Å². The minimum absolute atomic E-state index is 0.220. The number of aromatic nitrogens is 3. The summed E-state index contributed by atoms with van der Waals surface area (Å²) in [7, 11) is 2.16. The van der Waals surface area contributed by atoms with Gasteiger partial charge in [0.25, 0.3) is 0 Å². The van der Waals surface area contributed by atoms with Crippen LogP contribution < -0.4 is 5.32 Å². The van der Waals surface area contributed by atoms with Crippen molar-refractivity contribution in [2.45, 2.75) is 32.7 Å². The molecule has 2 heterocycles. The third-order valence-electron chi connectivity index (χ3n) is 4.85. The summed E-state index contributed by atoms with van der Waals surface area (Å²) in [6.45, 7) is 7.16. The minimum atomic E-state index is -0.220. The van der Waals surface area contributed by atoms with Gasteiger partial charge in [-0.05, 0) is 25.5 Å². The van der Waals surface area contributed by atoms with Crippen LogP contribution in [-0.4, -0.2) is 22.3 Å². The number of fused-ring (bicyclic) bond motifs is 5. The van der Waals surface area contributed by atoms with Gasteiger partial charge in [-0.3, -0.25) is 0 Å². The third kappa shape index (κ3) is 2.23. The van der Waals surface area contributed by atoms with Gasteiger partial charge in [0.2, 0.25) is 0 Å². The van der Waals surface area contributed by atoms with Gasteiger partial charge in [0.05, 0.1) is 5.69 Å². The molecule has 0 unspecified atom stereocenters. The molecular formula is C19H20BN4. The highest BCUT2D eigenvalue weighted by Crippen LogP contribution is 2.40. The Morgan fingerprint density at radius 3 is 2.54 bits per heavy atom. The van der Waals surface area contributed by atoms with Crippen molar-refractivity contribution >= 4 is 13.0 Å². The van der Waals surface area contributed by atoms with E-state index in [0.29, 0.717) is 0 Å². The van der Waals surface area contributed by atoms with Crippen molar-refractivity contribution in [3.63, 3.8) is 0 Å². The zero-order chi connectivity index (χ0) is 16.7. The van der Waals surface area contributed by atoms with Gasteiger partial charge in [0.1, 0.15) is 13.0 Å². The lowest BCUT2D eigenvalue weighted by Crippen LogP contribution is -2.33. The van der Waals surface area contributed by atoms with E-state index in [2.05, 4.69) is 92.1 Å². The lowest BCUT2D eigenvalue weighted by molar-refractivity contribution is 0.450. The molecule has 2 aromatic carbocycles. The van der Waals surface area contributed by atoms with Crippen LogP contribution in [0.3, 0.4) is 0 Å². The Balaban J connectivity index is 2.07. The molecule has 5 heteroatoms. The topological polar surface area (TPSA) is 42.7 Å². The second-order valence-corrected chi connectivity index (χ2v) is 6.70. The summed E-state index contributed by atoms with van der Waals surface area (Å²) in [4.78, 5) is 0. The van der Waals surface area contributed by atoms with Crippen LogP contribution >= 0.6 is 0 Å². The number of para-hydroxylation sites is 1. The Hall–Kier alpha value is -2.56. The molecule has 0 spiro atoms. The van der Waals surface area contributed by atoms with Crippen molar-refractivity contribution < 1.29 is 0 Å². The van der Waals surface area contributed by atoms with Gasteiger partial charge in [0, 0.05) is 28.8 Å². The summed E-state index contributed by atoms with van der Waals surface area (Å²) in [5.41, 5.74) is 6.43. The van der Waals surface area contributed by atoms with Crippen molar-refractivity contribution in [1.82, 2.24) is 15.0 Å². The van der Waals surface area contributed by atoms with E-state index in [4.69, 9.17) is 0 Å². The molecule has 24 heavy (non-hydrogen) atoms. The molecule has 0 aliphatic carbocycles. The van der Waals surface area contributed by atoms with E-state index >= 15 is 0 Å². The number of hydrogen-bond donors (Lipinski definition) is 1. The standard InChI is InChI=1S/C19H20BN4/c1-19(2,20-3)24-18-15-10-6-7-11-16(15)21-12-13-8-4-5-9-14(13)17(18)22-23-24/h4-11,21H,12H2,1-3H3. The molecule has 0 bridgehead atoms. The van der Waals surface area contributed by atoms with Crippen molar-refractivity contribution in [3.05, 3.63) is 54.1 Å². The van der Waals surface area contributed by atoms with Crippen molar-refractivity contribution in [2.24, 2.45) is 0 Å². The van der Waals surface area contributed by atoms with Crippen LogP contribution in [0.5, 0.6) is 0 Å². The SMILES string of the molecule is C[B]C(C)(C)n1nnc2c1-c1ccccc1NCc1ccccc1-2. The lowest BCUT2D eigenvalue weighted by atomic mass is 9.62.